The third kappa shape index (κ3) is 11.6. The van der Waals surface area contributed by atoms with Gasteiger partial charge in [0.2, 0.25) is 0 Å². The molecule has 0 aromatic carbocycles. The van der Waals surface area contributed by atoms with Crippen LogP contribution < -0.4 is 5.32 Å². The first-order valence-corrected chi connectivity index (χ1v) is 14.5. The Morgan fingerprint density at radius 2 is 1.78 bits per heavy atom. The maximum Gasteiger partial charge on any atom is 0.292 e. The van der Waals surface area contributed by atoms with Gasteiger partial charge in [-0.25, -0.2) is 0 Å². The van der Waals surface area contributed by atoms with E-state index in [1.807, 2.05) is 32.1 Å². The number of likely N-dealkylation sites (tertiary alicyclic amines) is 2. The topological polar surface area (TPSA) is 81.9 Å². The summed E-state index contributed by atoms with van der Waals surface area (Å²) in [6.07, 6.45) is 20.1. The molecule has 0 spiro atoms. The predicted octanol–water partition coefficient (Wildman–Crippen LogP) is 5.50. The Morgan fingerprint density at radius 3 is 2.42 bits per heavy atom. The number of nitrogens with zero attached hydrogens (tertiary/aromatic N) is 3. The molecule has 0 amide bonds. The lowest BCUT2D eigenvalue weighted by Gasteiger charge is -2.38. The zero-order chi connectivity index (χ0) is 26.2. The number of aliphatic hydroxyl groups is 1. The van der Waals surface area contributed by atoms with Gasteiger partial charge in [-0.15, -0.1) is 0 Å². The van der Waals surface area contributed by atoms with Gasteiger partial charge in [-0.1, -0.05) is 44.3 Å². The summed E-state index contributed by atoms with van der Waals surface area (Å²) in [5.74, 6) is 0.454. The number of rotatable bonds is 15. The van der Waals surface area contributed by atoms with Crippen molar-refractivity contribution in [2.45, 2.75) is 104 Å². The first-order valence-electron chi connectivity index (χ1n) is 14.5. The minimum atomic E-state index is -0.272. The monoisotopic (exact) mass is 504 g/mol. The van der Waals surface area contributed by atoms with Gasteiger partial charge >= 0.3 is 0 Å². The van der Waals surface area contributed by atoms with Crippen molar-refractivity contribution in [1.29, 1.82) is 0 Å². The SMILES string of the molecule is C\C=C/C(NCCCCCCCN1CCC(C(C)O)CC1C)=C(\C=C\CN1CCCCCC1)[N+](=O)[O-]. The molecule has 0 aliphatic carbocycles. The average molecular weight is 505 g/mol. The number of aliphatic hydroxyl groups excluding tert-OH is 1. The van der Waals surface area contributed by atoms with E-state index in [-0.39, 0.29) is 16.7 Å². The molecule has 2 saturated heterocycles. The molecule has 36 heavy (non-hydrogen) atoms. The number of nitro groups is 1. The van der Waals surface area contributed by atoms with Crippen molar-refractivity contribution in [2.24, 2.45) is 5.92 Å². The summed E-state index contributed by atoms with van der Waals surface area (Å²) in [5.41, 5.74) is 0.751. The van der Waals surface area contributed by atoms with E-state index in [9.17, 15) is 15.2 Å². The van der Waals surface area contributed by atoms with E-state index in [1.165, 1.54) is 44.9 Å². The van der Waals surface area contributed by atoms with Gasteiger partial charge in [0.25, 0.3) is 5.70 Å². The van der Waals surface area contributed by atoms with E-state index >= 15 is 0 Å². The Kier molecular flexibility index (Phi) is 15.0. The van der Waals surface area contributed by atoms with Gasteiger partial charge in [0.1, 0.15) is 5.70 Å². The molecule has 0 radical (unpaired) electrons. The third-order valence-corrected chi connectivity index (χ3v) is 7.82. The lowest BCUT2D eigenvalue weighted by Crippen LogP contribution is -2.43. The number of piperidine rings is 1. The summed E-state index contributed by atoms with van der Waals surface area (Å²) in [6.45, 7) is 12.1. The minimum absolute atomic E-state index is 0.149. The highest BCUT2D eigenvalue weighted by atomic mass is 16.6. The van der Waals surface area contributed by atoms with Gasteiger partial charge in [0.15, 0.2) is 0 Å². The van der Waals surface area contributed by atoms with Crippen molar-refractivity contribution in [3.05, 3.63) is 45.8 Å². The summed E-state index contributed by atoms with van der Waals surface area (Å²) in [7, 11) is 0. The molecule has 2 N–H and O–H groups in total. The largest absolute Gasteiger partial charge is 0.393 e. The normalized spacial score (nSPS) is 24.1. The van der Waals surface area contributed by atoms with Crippen molar-refractivity contribution >= 4 is 0 Å². The highest BCUT2D eigenvalue weighted by Crippen LogP contribution is 2.25. The standard InChI is InChI=1S/C29H52N4O3/c1-4-15-28(29(33(35)36)16-14-21-31-19-11-8-9-12-20-31)30-18-10-6-5-7-13-22-32-23-17-27(26(3)34)24-25(32)2/h4,14-16,25-27,30,34H,5-13,17-24H2,1-3H3/b15-4-,16-14+,29-28-. The molecule has 3 atom stereocenters. The van der Waals surface area contributed by atoms with Gasteiger partial charge in [0, 0.05) is 25.2 Å². The third-order valence-electron chi connectivity index (χ3n) is 7.82. The van der Waals surface area contributed by atoms with E-state index in [2.05, 4.69) is 22.0 Å². The molecule has 3 unspecified atom stereocenters. The molecule has 0 aromatic rings. The van der Waals surface area contributed by atoms with Crippen LogP contribution in [0.15, 0.2) is 35.7 Å². The fourth-order valence-electron chi connectivity index (χ4n) is 5.50. The maximum atomic E-state index is 11.8. The van der Waals surface area contributed by atoms with Crippen LogP contribution in [0.4, 0.5) is 0 Å². The second-order valence-corrected chi connectivity index (χ2v) is 10.8. The van der Waals surface area contributed by atoms with Gasteiger partial charge in [-0.3, -0.25) is 15.0 Å². The first-order chi connectivity index (χ1) is 17.4. The second-order valence-electron chi connectivity index (χ2n) is 10.8. The number of unbranched alkanes of at least 4 members (excludes halogenated alkanes) is 4. The van der Waals surface area contributed by atoms with E-state index in [0.29, 0.717) is 17.7 Å². The number of allylic oxidation sites excluding steroid dienone is 3. The summed E-state index contributed by atoms with van der Waals surface area (Å²) < 4.78 is 0. The van der Waals surface area contributed by atoms with E-state index < -0.39 is 0 Å². The molecule has 2 heterocycles. The molecule has 2 aliphatic heterocycles. The van der Waals surface area contributed by atoms with Gasteiger partial charge in [-0.2, -0.15) is 0 Å². The quantitative estimate of drug-likeness (QED) is 0.133. The van der Waals surface area contributed by atoms with Crippen LogP contribution >= 0.6 is 0 Å². The highest BCUT2D eigenvalue weighted by molar-refractivity contribution is 5.27. The van der Waals surface area contributed by atoms with Crippen molar-refractivity contribution < 1.29 is 10.0 Å². The molecule has 2 rings (SSSR count). The van der Waals surface area contributed by atoms with E-state index in [1.54, 1.807) is 6.08 Å². The van der Waals surface area contributed by atoms with Crippen LogP contribution in [-0.4, -0.2) is 71.2 Å². The predicted molar refractivity (Wildman–Crippen MR) is 149 cm³/mol. The molecule has 0 saturated carbocycles. The van der Waals surface area contributed by atoms with Gasteiger partial charge < -0.3 is 15.3 Å². The average Bonchev–Trinajstić information content (AvgIpc) is 3.12. The summed E-state index contributed by atoms with van der Waals surface area (Å²) in [6, 6.07) is 0.563. The lowest BCUT2D eigenvalue weighted by atomic mass is 9.88. The molecule has 206 valence electrons. The van der Waals surface area contributed by atoms with Crippen LogP contribution in [-0.2, 0) is 0 Å². The Labute approximate surface area is 219 Å². The summed E-state index contributed by atoms with van der Waals surface area (Å²) in [4.78, 5) is 16.5. The fraction of sp³-hybridized carbons (Fsp3) is 0.793. The van der Waals surface area contributed by atoms with Crippen LogP contribution in [0.3, 0.4) is 0 Å². The zero-order valence-electron chi connectivity index (χ0n) is 23.2. The van der Waals surface area contributed by atoms with Crippen LogP contribution in [0.2, 0.25) is 0 Å². The first kappa shape index (κ1) is 30.5. The maximum absolute atomic E-state index is 11.8. The van der Waals surface area contributed by atoms with Crippen LogP contribution in [0.1, 0.15) is 91.4 Å². The molecule has 2 aliphatic rings. The summed E-state index contributed by atoms with van der Waals surface area (Å²) >= 11 is 0. The van der Waals surface area contributed by atoms with Crippen molar-refractivity contribution in [1.82, 2.24) is 15.1 Å². The molecule has 2 fully saturated rings. The number of hydrogen-bond donors (Lipinski definition) is 2. The molecule has 7 heteroatoms. The van der Waals surface area contributed by atoms with Crippen LogP contribution in [0.5, 0.6) is 0 Å². The smallest absolute Gasteiger partial charge is 0.292 e. The van der Waals surface area contributed by atoms with Crippen molar-refractivity contribution in [2.75, 3.05) is 39.3 Å². The molecule has 7 nitrogen and oxygen atoms in total. The Bertz CT molecular complexity index is 711. The van der Waals surface area contributed by atoms with E-state index in [0.717, 1.165) is 65.0 Å². The van der Waals surface area contributed by atoms with Crippen molar-refractivity contribution in [3.63, 3.8) is 0 Å². The zero-order valence-corrected chi connectivity index (χ0v) is 23.2. The number of nitrogens with one attached hydrogen (secondary N) is 1. The second kappa shape index (κ2) is 17.7. The van der Waals surface area contributed by atoms with Crippen LogP contribution in [0.25, 0.3) is 0 Å². The summed E-state index contributed by atoms with van der Waals surface area (Å²) in [5, 5.41) is 24.9. The lowest BCUT2D eigenvalue weighted by molar-refractivity contribution is -0.420. The van der Waals surface area contributed by atoms with E-state index in [4.69, 9.17) is 0 Å². The molecular formula is C29H52N4O3. The Balaban J connectivity index is 1.68. The Morgan fingerprint density at radius 1 is 1.08 bits per heavy atom. The van der Waals surface area contributed by atoms with Crippen molar-refractivity contribution in [3.8, 4) is 0 Å². The minimum Gasteiger partial charge on any atom is -0.393 e. The molecule has 0 aromatic heterocycles. The fourth-order valence-corrected chi connectivity index (χ4v) is 5.50. The van der Waals surface area contributed by atoms with Gasteiger partial charge in [-0.05, 0) is 97.5 Å². The molecular weight excluding hydrogens is 452 g/mol. The Hall–Kier alpha value is -1.70. The number of hydrogen-bond acceptors (Lipinski definition) is 6. The molecule has 0 bridgehead atoms. The van der Waals surface area contributed by atoms with Gasteiger partial charge in [0.05, 0.1) is 11.0 Å². The highest BCUT2D eigenvalue weighted by Gasteiger charge is 2.27. The van der Waals surface area contributed by atoms with Crippen LogP contribution in [0, 0.1) is 16.0 Å².